The molecule has 2 aromatic carbocycles. The number of H-pyrrole nitrogens is 1. The lowest BCUT2D eigenvalue weighted by molar-refractivity contribution is -0.143. The normalized spacial score (nSPS) is 10.7. The van der Waals surface area contributed by atoms with Crippen LogP contribution in [0.3, 0.4) is 0 Å². The predicted molar refractivity (Wildman–Crippen MR) is 115 cm³/mol. The number of ether oxygens (including phenoxy) is 3. The lowest BCUT2D eigenvalue weighted by atomic mass is 10.0. The van der Waals surface area contributed by atoms with Gasteiger partial charge in [0.2, 0.25) is 0 Å². The Balaban J connectivity index is 1.83. The summed E-state index contributed by atoms with van der Waals surface area (Å²) in [6.45, 7) is 4.67. The van der Waals surface area contributed by atoms with E-state index in [1.54, 1.807) is 13.8 Å². The molecule has 0 saturated heterocycles. The summed E-state index contributed by atoms with van der Waals surface area (Å²) >= 11 is 0. The molecule has 0 aliphatic rings. The van der Waals surface area contributed by atoms with Crippen LogP contribution in [0.4, 0.5) is 0 Å². The first-order valence-electron chi connectivity index (χ1n) is 10.3. The average molecular weight is 409 g/mol. The number of rotatable bonds is 10. The van der Waals surface area contributed by atoms with Crippen LogP contribution in [0.5, 0.6) is 5.75 Å². The molecule has 0 bridgehead atoms. The number of aromatic nitrogens is 1. The van der Waals surface area contributed by atoms with Gasteiger partial charge in [-0.1, -0.05) is 30.3 Å². The second kappa shape index (κ2) is 10.5. The van der Waals surface area contributed by atoms with Crippen LogP contribution in [-0.4, -0.2) is 30.1 Å². The smallest absolute Gasteiger partial charge is 0.355 e. The van der Waals surface area contributed by atoms with Crippen molar-refractivity contribution in [2.75, 3.05) is 13.2 Å². The van der Waals surface area contributed by atoms with Gasteiger partial charge >= 0.3 is 11.9 Å². The minimum Gasteiger partial charge on any atom is -0.489 e. The topological polar surface area (TPSA) is 77.6 Å². The molecule has 3 rings (SSSR count). The van der Waals surface area contributed by atoms with Gasteiger partial charge < -0.3 is 19.2 Å². The molecule has 0 atom stereocenters. The van der Waals surface area contributed by atoms with Gasteiger partial charge in [-0.15, -0.1) is 0 Å². The molecule has 1 N–H and O–H groups in total. The molecule has 0 radical (unpaired) electrons. The van der Waals surface area contributed by atoms with Crippen molar-refractivity contribution in [3.8, 4) is 5.75 Å². The summed E-state index contributed by atoms with van der Waals surface area (Å²) in [6.07, 6.45) is 1.43. The van der Waals surface area contributed by atoms with Crippen molar-refractivity contribution in [3.05, 3.63) is 65.4 Å². The third-order valence-electron chi connectivity index (χ3n) is 4.72. The molecular weight excluding hydrogens is 382 g/mol. The molecule has 30 heavy (non-hydrogen) atoms. The van der Waals surface area contributed by atoms with Gasteiger partial charge in [0.15, 0.2) is 0 Å². The van der Waals surface area contributed by atoms with Crippen LogP contribution in [0.25, 0.3) is 10.9 Å². The standard InChI is InChI=1S/C24H27NO5/c1-3-28-22(26)12-8-11-19-20-15-18(30-16-17-9-6-5-7-10-17)13-14-21(20)25-23(19)24(27)29-4-2/h5-7,9-10,13-15,25H,3-4,8,11-12,16H2,1-2H3. The number of hydrogen-bond acceptors (Lipinski definition) is 5. The number of fused-ring (bicyclic) bond motifs is 1. The zero-order chi connectivity index (χ0) is 21.3. The fourth-order valence-electron chi connectivity index (χ4n) is 3.34. The van der Waals surface area contributed by atoms with E-state index < -0.39 is 5.97 Å². The molecule has 0 aliphatic carbocycles. The maximum atomic E-state index is 12.5. The van der Waals surface area contributed by atoms with Crippen molar-refractivity contribution in [1.29, 1.82) is 0 Å². The third kappa shape index (κ3) is 5.41. The van der Waals surface area contributed by atoms with Crippen molar-refractivity contribution in [2.24, 2.45) is 0 Å². The van der Waals surface area contributed by atoms with Crippen molar-refractivity contribution >= 4 is 22.8 Å². The Bertz CT molecular complexity index is 994. The van der Waals surface area contributed by atoms with Gasteiger partial charge in [-0.3, -0.25) is 4.79 Å². The van der Waals surface area contributed by atoms with E-state index >= 15 is 0 Å². The predicted octanol–water partition coefficient (Wildman–Crippen LogP) is 4.81. The summed E-state index contributed by atoms with van der Waals surface area (Å²) in [5.41, 5.74) is 3.17. The Morgan fingerprint density at radius 1 is 0.967 bits per heavy atom. The van der Waals surface area contributed by atoms with Gasteiger partial charge in [0.1, 0.15) is 18.1 Å². The van der Waals surface area contributed by atoms with Gasteiger partial charge in [0, 0.05) is 17.3 Å². The highest BCUT2D eigenvalue weighted by Gasteiger charge is 2.19. The van der Waals surface area contributed by atoms with Crippen molar-refractivity contribution in [2.45, 2.75) is 39.7 Å². The second-order valence-electron chi connectivity index (χ2n) is 6.84. The van der Waals surface area contributed by atoms with Crippen molar-refractivity contribution < 1.29 is 23.8 Å². The number of hydrogen-bond donors (Lipinski definition) is 1. The van der Waals surface area contributed by atoms with Crippen molar-refractivity contribution in [3.63, 3.8) is 0 Å². The van der Waals surface area contributed by atoms with Gasteiger partial charge in [-0.2, -0.15) is 0 Å². The lowest BCUT2D eigenvalue weighted by Crippen LogP contribution is -2.09. The summed E-state index contributed by atoms with van der Waals surface area (Å²) < 4.78 is 16.1. The Morgan fingerprint density at radius 2 is 1.73 bits per heavy atom. The highest BCUT2D eigenvalue weighted by Crippen LogP contribution is 2.29. The lowest BCUT2D eigenvalue weighted by Gasteiger charge is -2.08. The zero-order valence-corrected chi connectivity index (χ0v) is 17.4. The minimum atomic E-state index is -0.397. The van der Waals surface area contributed by atoms with Crippen LogP contribution in [0.1, 0.15) is 48.3 Å². The molecule has 0 aliphatic heterocycles. The number of benzene rings is 2. The monoisotopic (exact) mass is 409 g/mol. The summed E-state index contributed by atoms with van der Waals surface area (Å²) in [5.74, 6) is 0.0842. The Kier molecular flexibility index (Phi) is 7.49. The molecule has 6 heteroatoms. The molecule has 1 aromatic heterocycles. The molecule has 0 spiro atoms. The van der Waals surface area contributed by atoms with E-state index in [1.807, 2.05) is 48.5 Å². The van der Waals surface area contributed by atoms with Gasteiger partial charge in [-0.05, 0) is 56.0 Å². The van der Waals surface area contributed by atoms with Gasteiger partial charge in [0.25, 0.3) is 0 Å². The maximum Gasteiger partial charge on any atom is 0.355 e. The first-order chi connectivity index (χ1) is 14.6. The van der Waals surface area contributed by atoms with Crippen LogP contribution in [0.15, 0.2) is 48.5 Å². The van der Waals surface area contributed by atoms with Gasteiger partial charge in [-0.25, -0.2) is 4.79 Å². The molecule has 6 nitrogen and oxygen atoms in total. The molecular formula is C24H27NO5. The van der Waals surface area contributed by atoms with Crippen molar-refractivity contribution in [1.82, 2.24) is 4.98 Å². The number of nitrogens with one attached hydrogen (secondary N) is 1. The number of esters is 2. The highest BCUT2D eigenvalue weighted by atomic mass is 16.5. The number of aryl methyl sites for hydroxylation is 1. The molecule has 0 fully saturated rings. The van der Waals surface area contributed by atoms with Crippen LogP contribution >= 0.6 is 0 Å². The molecule has 158 valence electrons. The SMILES string of the molecule is CCOC(=O)CCCc1c(C(=O)OCC)[nH]c2ccc(OCc3ccccc3)cc12. The fourth-order valence-corrected chi connectivity index (χ4v) is 3.34. The fraction of sp³-hybridized carbons (Fsp3) is 0.333. The van der Waals surface area contributed by atoms with E-state index in [4.69, 9.17) is 14.2 Å². The Morgan fingerprint density at radius 3 is 2.47 bits per heavy atom. The van der Waals surface area contributed by atoms with Crippen LogP contribution < -0.4 is 4.74 Å². The van der Waals surface area contributed by atoms with Gasteiger partial charge in [0.05, 0.1) is 13.2 Å². The number of aromatic amines is 1. The zero-order valence-electron chi connectivity index (χ0n) is 17.4. The first-order valence-corrected chi connectivity index (χ1v) is 10.3. The van der Waals surface area contributed by atoms with Crippen LogP contribution in [0, 0.1) is 0 Å². The summed E-state index contributed by atoms with van der Waals surface area (Å²) in [7, 11) is 0. The van der Waals surface area contributed by atoms with E-state index in [0.29, 0.717) is 50.5 Å². The molecule has 1 heterocycles. The highest BCUT2D eigenvalue weighted by molar-refractivity contribution is 5.98. The first kappa shape index (κ1) is 21.4. The number of carbonyl (C=O) groups excluding carboxylic acids is 2. The summed E-state index contributed by atoms with van der Waals surface area (Å²) in [6, 6.07) is 15.6. The van der Waals surface area contributed by atoms with E-state index in [0.717, 1.165) is 22.0 Å². The number of carbonyl (C=O) groups is 2. The molecule has 0 unspecified atom stereocenters. The van der Waals surface area contributed by atoms with Crippen LogP contribution in [-0.2, 0) is 27.3 Å². The Hall–Kier alpha value is -3.28. The third-order valence-corrected chi connectivity index (χ3v) is 4.72. The van der Waals surface area contributed by atoms with E-state index in [-0.39, 0.29) is 5.97 Å². The Labute approximate surface area is 176 Å². The summed E-state index contributed by atoms with van der Waals surface area (Å²) in [5, 5.41) is 0.896. The quantitative estimate of drug-likeness (QED) is 0.486. The van der Waals surface area contributed by atoms with E-state index in [1.165, 1.54) is 0 Å². The second-order valence-corrected chi connectivity index (χ2v) is 6.84. The summed E-state index contributed by atoms with van der Waals surface area (Å²) in [4.78, 5) is 27.3. The average Bonchev–Trinajstić information content (AvgIpc) is 3.11. The molecule has 3 aromatic rings. The molecule has 0 saturated carbocycles. The van der Waals surface area contributed by atoms with E-state index in [2.05, 4.69) is 4.98 Å². The van der Waals surface area contributed by atoms with Crippen LogP contribution in [0.2, 0.25) is 0 Å². The molecule has 0 amide bonds. The largest absolute Gasteiger partial charge is 0.489 e. The minimum absolute atomic E-state index is 0.234. The maximum absolute atomic E-state index is 12.5. The van der Waals surface area contributed by atoms with E-state index in [9.17, 15) is 9.59 Å².